The maximum Gasteiger partial charge on any atom is 0.269 e. The number of carbonyl (C=O) groups excluding carboxylic acids is 1. The number of pyridine rings is 1. The number of amides is 1. The summed E-state index contributed by atoms with van der Waals surface area (Å²) in [5.74, 6) is -0.167. The number of para-hydroxylation sites is 1. The Hall–Kier alpha value is -2.40. The maximum absolute atomic E-state index is 12.0. The van der Waals surface area contributed by atoms with Crippen LogP contribution in [0.2, 0.25) is 0 Å². The minimum Gasteiger partial charge on any atom is -0.385 e. The molecule has 0 radical (unpaired) electrons. The van der Waals surface area contributed by atoms with Crippen LogP contribution in [0.15, 0.2) is 36.5 Å². The van der Waals surface area contributed by atoms with Gasteiger partial charge in [-0.15, -0.1) is 0 Å². The largest absolute Gasteiger partial charge is 0.385 e. The van der Waals surface area contributed by atoms with Crippen LogP contribution in [0.1, 0.15) is 28.0 Å². The summed E-state index contributed by atoms with van der Waals surface area (Å²) in [6.07, 6.45) is 2.46. The first-order valence-corrected chi connectivity index (χ1v) is 7.68. The van der Waals surface area contributed by atoms with Crippen LogP contribution >= 0.6 is 0 Å². The van der Waals surface area contributed by atoms with Crippen LogP contribution in [0.5, 0.6) is 0 Å². The lowest BCUT2D eigenvalue weighted by Gasteiger charge is -2.12. The molecule has 0 saturated carbocycles. The molecule has 2 aromatic rings. The number of hydrogen-bond donors (Lipinski definition) is 2. The van der Waals surface area contributed by atoms with Gasteiger partial charge in [0.2, 0.25) is 0 Å². The van der Waals surface area contributed by atoms with Crippen molar-refractivity contribution >= 4 is 17.3 Å². The van der Waals surface area contributed by atoms with E-state index in [2.05, 4.69) is 41.6 Å². The number of anilines is 2. The van der Waals surface area contributed by atoms with Gasteiger partial charge in [-0.05, 0) is 43.5 Å². The molecule has 0 spiro atoms. The van der Waals surface area contributed by atoms with Crippen molar-refractivity contribution in [1.82, 2.24) is 10.3 Å². The second-order valence-electron chi connectivity index (χ2n) is 5.43. The van der Waals surface area contributed by atoms with Gasteiger partial charge >= 0.3 is 0 Å². The number of benzene rings is 1. The zero-order chi connectivity index (χ0) is 16.7. The van der Waals surface area contributed by atoms with Crippen LogP contribution in [-0.2, 0) is 4.74 Å². The number of aryl methyl sites for hydroxylation is 2. The van der Waals surface area contributed by atoms with Crippen LogP contribution in [0.4, 0.5) is 11.4 Å². The first-order valence-electron chi connectivity index (χ1n) is 7.68. The molecule has 1 heterocycles. The van der Waals surface area contributed by atoms with Crippen molar-refractivity contribution in [2.75, 3.05) is 25.6 Å². The van der Waals surface area contributed by atoms with E-state index in [4.69, 9.17) is 4.74 Å². The Kier molecular flexibility index (Phi) is 6.11. The summed E-state index contributed by atoms with van der Waals surface area (Å²) < 4.78 is 4.95. The Morgan fingerprint density at radius 1 is 1.17 bits per heavy atom. The highest BCUT2D eigenvalue weighted by Gasteiger charge is 2.07. The monoisotopic (exact) mass is 313 g/mol. The fraction of sp³-hybridized carbons (Fsp3) is 0.333. The Morgan fingerprint density at radius 2 is 1.91 bits per heavy atom. The number of nitrogens with one attached hydrogen (secondary N) is 2. The normalized spacial score (nSPS) is 10.4. The van der Waals surface area contributed by atoms with E-state index in [0.717, 1.165) is 17.8 Å². The highest BCUT2D eigenvalue weighted by Crippen LogP contribution is 2.23. The third kappa shape index (κ3) is 4.79. The Morgan fingerprint density at radius 3 is 2.52 bits per heavy atom. The Balaban J connectivity index is 1.98. The van der Waals surface area contributed by atoms with Gasteiger partial charge in [-0.2, -0.15) is 0 Å². The number of ether oxygens (including phenoxy) is 1. The number of nitrogens with zero attached hydrogens (tertiary/aromatic N) is 1. The molecule has 2 rings (SSSR count). The second-order valence-corrected chi connectivity index (χ2v) is 5.43. The summed E-state index contributed by atoms with van der Waals surface area (Å²) >= 11 is 0. The molecular weight excluding hydrogens is 290 g/mol. The standard InChI is InChI=1S/C18H23N3O2/c1-13-6-4-7-14(2)17(13)21-15-8-9-16(20-12-15)18(22)19-10-5-11-23-3/h4,6-9,12,21H,5,10-11H2,1-3H3,(H,19,22). The van der Waals surface area contributed by atoms with Crippen LogP contribution in [-0.4, -0.2) is 31.2 Å². The molecule has 5 heteroatoms. The van der Waals surface area contributed by atoms with E-state index in [0.29, 0.717) is 18.8 Å². The number of hydrogen-bond acceptors (Lipinski definition) is 4. The molecule has 0 bridgehead atoms. The molecule has 0 atom stereocenters. The molecule has 1 amide bonds. The van der Waals surface area contributed by atoms with Crippen LogP contribution in [0.3, 0.4) is 0 Å². The van der Waals surface area contributed by atoms with Gasteiger partial charge in [0.05, 0.1) is 11.9 Å². The van der Waals surface area contributed by atoms with Crippen molar-refractivity contribution in [1.29, 1.82) is 0 Å². The zero-order valence-corrected chi connectivity index (χ0v) is 13.8. The SMILES string of the molecule is COCCCNC(=O)c1ccc(Nc2c(C)cccc2C)cn1. The van der Waals surface area contributed by atoms with Gasteiger partial charge in [0.15, 0.2) is 0 Å². The Labute approximate surface area is 137 Å². The van der Waals surface area contributed by atoms with Gasteiger partial charge in [-0.25, -0.2) is 4.98 Å². The van der Waals surface area contributed by atoms with Gasteiger partial charge < -0.3 is 15.4 Å². The lowest BCUT2D eigenvalue weighted by molar-refractivity contribution is 0.0943. The summed E-state index contributed by atoms with van der Waals surface area (Å²) in [7, 11) is 1.64. The topological polar surface area (TPSA) is 63.2 Å². The van der Waals surface area contributed by atoms with Gasteiger partial charge in [0, 0.05) is 25.9 Å². The fourth-order valence-electron chi connectivity index (χ4n) is 2.27. The summed E-state index contributed by atoms with van der Waals surface area (Å²) in [6.45, 7) is 5.33. The predicted molar refractivity (Wildman–Crippen MR) is 92.3 cm³/mol. The van der Waals surface area contributed by atoms with E-state index in [1.165, 1.54) is 11.1 Å². The average molecular weight is 313 g/mol. The van der Waals surface area contributed by atoms with E-state index in [1.54, 1.807) is 19.4 Å². The highest BCUT2D eigenvalue weighted by atomic mass is 16.5. The molecule has 0 saturated heterocycles. The van der Waals surface area contributed by atoms with Gasteiger partial charge in [-0.3, -0.25) is 4.79 Å². The summed E-state index contributed by atoms with van der Waals surface area (Å²) in [5.41, 5.74) is 4.69. The first-order chi connectivity index (χ1) is 11.1. The van der Waals surface area contributed by atoms with E-state index in [9.17, 15) is 4.79 Å². The van der Waals surface area contributed by atoms with Crippen molar-refractivity contribution in [3.63, 3.8) is 0 Å². The molecule has 0 fully saturated rings. The molecule has 0 aliphatic carbocycles. The van der Waals surface area contributed by atoms with E-state index in [-0.39, 0.29) is 5.91 Å². The van der Waals surface area contributed by atoms with E-state index >= 15 is 0 Å². The summed E-state index contributed by atoms with van der Waals surface area (Å²) in [4.78, 5) is 16.2. The van der Waals surface area contributed by atoms with Crippen molar-refractivity contribution < 1.29 is 9.53 Å². The summed E-state index contributed by atoms with van der Waals surface area (Å²) in [5, 5.41) is 6.18. The maximum atomic E-state index is 12.0. The van der Waals surface area contributed by atoms with Crippen LogP contribution in [0.25, 0.3) is 0 Å². The Bertz CT molecular complexity index is 634. The lowest BCUT2D eigenvalue weighted by Crippen LogP contribution is -2.26. The first kappa shape index (κ1) is 17.0. The molecule has 5 nitrogen and oxygen atoms in total. The van der Waals surface area contributed by atoms with Crippen molar-refractivity contribution in [2.24, 2.45) is 0 Å². The fourth-order valence-corrected chi connectivity index (χ4v) is 2.27. The average Bonchev–Trinajstić information content (AvgIpc) is 2.55. The van der Waals surface area contributed by atoms with E-state index < -0.39 is 0 Å². The molecule has 23 heavy (non-hydrogen) atoms. The third-order valence-electron chi connectivity index (χ3n) is 3.56. The molecule has 2 N–H and O–H groups in total. The molecule has 0 aliphatic heterocycles. The minimum absolute atomic E-state index is 0.167. The van der Waals surface area contributed by atoms with Crippen LogP contribution < -0.4 is 10.6 Å². The highest BCUT2D eigenvalue weighted by molar-refractivity contribution is 5.92. The molecule has 122 valence electrons. The van der Waals surface area contributed by atoms with Crippen molar-refractivity contribution in [3.05, 3.63) is 53.3 Å². The minimum atomic E-state index is -0.167. The molecule has 1 aromatic carbocycles. The molecule has 1 aromatic heterocycles. The summed E-state index contributed by atoms with van der Waals surface area (Å²) in [6, 6.07) is 9.74. The van der Waals surface area contributed by atoms with Gasteiger partial charge in [-0.1, -0.05) is 18.2 Å². The quantitative estimate of drug-likeness (QED) is 0.771. The molecular formula is C18H23N3O2. The van der Waals surface area contributed by atoms with Crippen LogP contribution in [0, 0.1) is 13.8 Å². The number of carbonyl (C=O) groups is 1. The smallest absolute Gasteiger partial charge is 0.269 e. The van der Waals surface area contributed by atoms with Gasteiger partial charge in [0.25, 0.3) is 5.91 Å². The zero-order valence-electron chi connectivity index (χ0n) is 13.8. The van der Waals surface area contributed by atoms with Crippen molar-refractivity contribution in [2.45, 2.75) is 20.3 Å². The lowest BCUT2D eigenvalue weighted by atomic mass is 10.1. The van der Waals surface area contributed by atoms with Crippen molar-refractivity contribution in [3.8, 4) is 0 Å². The number of methoxy groups -OCH3 is 1. The second kappa shape index (κ2) is 8.29. The predicted octanol–water partition coefficient (Wildman–Crippen LogP) is 3.21. The molecule has 0 unspecified atom stereocenters. The number of rotatable bonds is 7. The van der Waals surface area contributed by atoms with E-state index in [1.807, 2.05) is 12.1 Å². The molecule has 0 aliphatic rings. The van der Waals surface area contributed by atoms with Gasteiger partial charge in [0.1, 0.15) is 5.69 Å². The third-order valence-corrected chi connectivity index (χ3v) is 3.56. The number of aromatic nitrogens is 1.